The maximum Gasteiger partial charge on any atom is 0.171 e. The zero-order chi connectivity index (χ0) is 24.4. The summed E-state index contributed by atoms with van der Waals surface area (Å²) in [7, 11) is 0. The van der Waals surface area contributed by atoms with Crippen molar-refractivity contribution in [3.05, 3.63) is 83.2 Å². The fraction of sp³-hybridized carbons (Fsp3) is 0.379. The number of halogens is 1. The average Bonchev–Trinajstić information content (AvgIpc) is 2.88. The molecule has 184 valence electrons. The van der Waals surface area contributed by atoms with Gasteiger partial charge in [-0.25, -0.2) is 4.39 Å². The predicted molar refractivity (Wildman–Crippen MR) is 133 cm³/mol. The molecule has 1 saturated heterocycles. The highest BCUT2D eigenvalue weighted by molar-refractivity contribution is 5.49. The van der Waals surface area contributed by atoms with Crippen molar-refractivity contribution >= 4 is 0 Å². The molecule has 0 aromatic heterocycles. The molecular weight excluding hydrogens is 445 g/mol. The standard InChI is InChI=1S/C29H32FNO4/c1-18-26(19-5-9-22(32)10-6-19)29(35-25-14-13-24(33)28(30)27(18)25)20-7-11-23(12-8-20)34-17-15-21-4-2-3-16-31-21/h5-14,18,21,26,29,31-33H,2-4,15-17H2,1H3. The molecule has 3 aromatic carbocycles. The van der Waals surface area contributed by atoms with Crippen molar-refractivity contribution in [2.75, 3.05) is 13.2 Å². The van der Waals surface area contributed by atoms with Crippen LogP contribution in [0.25, 0.3) is 0 Å². The Balaban J connectivity index is 1.39. The van der Waals surface area contributed by atoms with Gasteiger partial charge < -0.3 is 25.0 Å². The lowest BCUT2D eigenvalue weighted by atomic mass is 9.75. The van der Waals surface area contributed by atoms with E-state index in [2.05, 4.69) is 5.32 Å². The van der Waals surface area contributed by atoms with Gasteiger partial charge in [0.2, 0.25) is 0 Å². The van der Waals surface area contributed by atoms with E-state index in [4.69, 9.17) is 9.47 Å². The molecule has 2 aliphatic rings. The Hall–Kier alpha value is -3.25. The minimum atomic E-state index is -0.645. The molecule has 0 saturated carbocycles. The fourth-order valence-electron chi connectivity index (χ4n) is 5.42. The highest BCUT2D eigenvalue weighted by Gasteiger charge is 2.40. The predicted octanol–water partition coefficient (Wildman–Crippen LogP) is 6.17. The molecule has 0 amide bonds. The Bertz CT molecular complexity index is 1140. The number of phenols is 2. The van der Waals surface area contributed by atoms with E-state index >= 15 is 0 Å². The van der Waals surface area contributed by atoms with Gasteiger partial charge in [-0.2, -0.15) is 0 Å². The Labute approximate surface area is 205 Å². The lowest BCUT2D eigenvalue weighted by Crippen LogP contribution is -2.35. The highest BCUT2D eigenvalue weighted by Crippen LogP contribution is 2.52. The summed E-state index contributed by atoms with van der Waals surface area (Å²) in [5, 5.41) is 23.3. The molecule has 2 heterocycles. The van der Waals surface area contributed by atoms with Gasteiger partial charge in [0.15, 0.2) is 11.6 Å². The molecule has 2 aliphatic heterocycles. The molecule has 0 aliphatic carbocycles. The molecule has 3 N–H and O–H groups in total. The average molecular weight is 478 g/mol. The van der Waals surface area contributed by atoms with Crippen LogP contribution in [0.3, 0.4) is 0 Å². The van der Waals surface area contributed by atoms with Gasteiger partial charge in [0, 0.05) is 17.5 Å². The van der Waals surface area contributed by atoms with Crippen LogP contribution in [0.1, 0.15) is 67.2 Å². The first-order valence-corrected chi connectivity index (χ1v) is 12.4. The van der Waals surface area contributed by atoms with Crippen molar-refractivity contribution in [2.24, 2.45) is 0 Å². The van der Waals surface area contributed by atoms with Gasteiger partial charge >= 0.3 is 0 Å². The van der Waals surface area contributed by atoms with Crippen molar-refractivity contribution in [2.45, 2.75) is 56.6 Å². The maximum atomic E-state index is 14.9. The molecule has 1 fully saturated rings. The Morgan fingerprint density at radius 3 is 2.43 bits per heavy atom. The number of hydrogen-bond donors (Lipinski definition) is 3. The Morgan fingerprint density at radius 2 is 1.71 bits per heavy atom. The third-order valence-corrected chi connectivity index (χ3v) is 7.33. The summed E-state index contributed by atoms with van der Waals surface area (Å²) in [4.78, 5) is 0. The first kappa shape index (κ1) is 23.5. The van der Waals surface area contributed by atoms with Crippen LogP contribution in [0.4, 0.5) is 4.39 Å². The van der Waals surface area contributed by atoms with Crippen molar-refractivity contribution in [1.29, 1.82) is 0 Å². The lowest BCUT2D eigenvalue weighted by Gasteiger charge is -2.39. The summed E-state index contributed by atoms with van der Waals surface area (Å²) in [6.45, 7) is 3.71. The van der Waals surface area contributed by atoms with Gasteiger partial charge in [-0.05, 0) is 79.3 Å². The van der Waals surface area contributed by atoms with E-state index in [-0.39, 0.29) is 29.4 Å². The van der Waals surface area contributed by atoms with Crippen molar-refractivity contribution in [1.82, 2.24) is 5.32 Å². The molecule has 0 bridgehead atoms. The SMILES string of the molecule is CC1c2c(ccc(O)c2F)OC(c2ccc(OCCC3CCCCN3)cc2)C1c1ccc(O)cc1. The first-order valence-electron chi connectivity index (χ1n) is 12.4. The molecule has 0 spiro atoms. The number of fused-ring (bicyclic) bond motifs is 1. The summed E-state index contributed by atoms with van der Waals surface area (Å²) in [6.07, 6.45) is 4.36. The van der Waals surface area contributed by atoms with Gasteiger partial charge in [0.25, 0.3) is 0 Å². The third-order valence-electron chi connectivity index (χ3n) is 7.33. The Kier molecular flexibility index (Phi) is 6.82. The number of nitrogens with one attached hydrogen (secondary N) is 1. The summed E-state index contributed by atoms with van der Waals surface area (Å²) in [5.74, 6) is -0.0914. The van der Waals surface area contributed by atoms with Gasteiger partial charge in [-0.3, -0.25) is 0 Å². The zero-order valence-corrected chi connectivity index (χ0v) is 19.9. The number of ether oxygens (including phenoxy) is 2. The van der Waals surface area contributed by atoms with Crippen LogP contribution in [0, 0.1) is 5.82 Å². The smallest absolute Gasteiger partial charge is 0.171 e. The molecule has 0 radical (unpaired) electrons. The minimum Gasteiger partial charge on any atom is -0.508 e. The van der Waals surface area contributed by atoms with Crippen LogP contribution < -0.4 is 14.8 Å². The Morgan fingerprint density at radius 1 is 0.971 bits per heavy atom. The van der Waals surface area contributed by atoms with Crippen LogP contribution in [0.15, 0.2) is 60.7 Å². The van der Waals surface area contributed by atoms with Gasteiger partial charge in [0.1, 0.15) is 23.4 Å². The topological polar surface area (TPSA) is 71.0 Å². The van der Waals surface area contributed by atoms with E-state index in [1.807, 2.05) is 43.3 Å². The molecule has 4 atom stereocenters. The monoisotopic (exact) mass is 477 g/mol. The lowest BCUT2D eigenvalue weighted by molar-refractivity contribution is 0.133. The number of aromatic hydroxyl groups is 2. The molecule has 6 heteroatoms. The van der Waals surface area contributed by atoms with Gasteiger partial charge in [-0.1, -0.05) is 37.6 Å². The van der Waals surface area contributed by atoms with E-state index in [0.29, 0.717) is 24.0 Å². The summed E-state index contributed by atoms with van der Waals surface area (Å²) in [5.41, 5.74) is 2.25. The minimum absolute atomic E-state index is 0.170. The number of hydrogen-bond acceptors (Lipinski definition) is 5. The van der Waals surface area contributed by atoms with Crippen LogP contribution in [-0.4, -0.2) is 29.4 Å². The number of phenolic OH excluding ortho intramolecular Hbond substituents is 2. The summed E-state index contributed by atoms with van der Waals surface area (Å²) in [6, 6.07) is 18.4. The van der Waals surface area contributed by atoms with E-state index in [9.17, 15) is 14.6 Å². The zero-order valence-electron chi connectivity index (χ0n) is 19.9. The third kappa shape index (κ3) is 4.94. The van der Waals surface area contributed by atoms with Crippen molar-refractivity contribution in [3.63, 3.8) is 0 Å². The second-order valence-corrected chi connectivity index (χ2v) is 9.61. The molecule has 5 nitrogen and oxygen atoms in total. The number of piperidine rings is 1. The highest BCUT2D eigenvalue weighted by atomic mass is 19.1. The molecule has 4 unspecified atom stereocenters. The normalized spacial score (nSPS) is 23.8. The van der Waals surface area contributed by atoms with Gasteiger partial charge in [-0.15, -0.1) is 0 Å². The molecule has 3 aromatic rings. The van der Waals surface area contributed by atoms with Crippen LogP contribution in [0.2, 0.25) is 0 Å². The largest absolute Gasteiger partial charge is 0.508 e. The number of rotatable bonds is 6. The van der Waals surface area contributed by atoms with Crippen molar-refractivity contribution < 1.29 is 24.1 Å². The van der Waals surface area contributed by atoms with Crippen molar-refractivity contribution in [3.8, 4) is 23.0 Å². The number of benzene rings is 3. The van der Waals surface area contributed by atoms with Crippen LogP contribution in [-0.2, 0) is 0 Å². The van der Waals surface area contributed by atoms with Gasteiger partial charge in [0.05, 0.1) is 6.61 Å². The second-order valence-electron chi connectivity index (χ2n) is 9.61. The summed E-state index contributed by atoms with van der Waals surface area (Å²) < 4.78 is 27.3. The molecule has 35 heavy (non-hydrogen) atoms. The second kappa shape index (κ2) is 10.2. The summed E-state index contributed by atoms with van der Waals surface area (Å²) >= 11 is 0. The quantitative estimate of drug-likeness (QED) is 0.396. The van der Waals surface area contributed by atoms with E-state index < -0.39 is 5.82 Å². The van der Waals surface area contributed by atoms with E-state index in [1.165, 1.54) is 25.3 Å². The van der Waals surface area contributed by atoms with E-state index in [1.54, 1.807) is 18.2 Å². The molecular formula is C29H32FNO4. The maximum absolute atomic E-state index is 14.9. The molecule has 5 rings (SSSR count). The van der Waals surface area contributed by atoms with Crippen LogP contribution in [0.5, 0.6) is 23.0 Å². The fourth-order valence-corrected chi connectivity index (χ4v) is 5.42. The first-order chi connectivity index (χ1) is 17.0. The van der Waals surface area contributed by atoms with Crippen LogP contribution >= 0.6 is 0 Å². The van der Waals surface area contributed by atoms with E-state index in [0.717, 1.165) is 29.8 Å².